The molecule has 4 nitrogen and oxygen atoms in total. The van der Waals surface area contributed by atoms with Crippen molar-refractivity contribution in [3.05, 3.63) is 34.7 Å². The van der Waals surface area contributed by atoms with Gasteiger partial charge in [-0.05, 0) is 24.6 Å². The van der Waals surface area contributed by atoms with E-state index in [0.717, 1.165) is 16.9 Å². The van der Waals surface area contributed by atoms with Crippen LogP contribution in [-0.2, 0) is 0 Å². The Morgan fingerprint density at radius 2 is 2.24 bits per heavy atom. The van der Waals surface area contributed by atoms with Crippen LogP contribution in [0.5, 0.6) is 5.75 Å². The largest absolute Gasteiger partial charge is 0.496 e. The van der Waals surface area contributed by atoms with Gasteiger partial charge in [-0.3, -0.25) is 0 Å². The second-order valence-corrected chi connectivity index (χ2v) is 4.00. The number of ether oxygens (including phenoxy) is 1. The molecule has 0 unspecified atom stereocenters. The minimum absolute atomic E-state index is 0.264. The van der Waals surface area contributed by atoms with Crippen LogP contribution in [-0.4, -0.2) is 17.1 Å². The zero-order valence-electron chi connectivity index (χ0n) is 9.41. The van der Waals surface area contributed by atoms with E-state index in [0.29, 0.717) is 10.7 Å². The highest BCUT2D eigenvalue weighted by molar-refractivity contribution is 6.31. The molecule has 0 fully saturated rings. The summed E-state index contributed by atoms with van der Waals surface area (Å²) < 4.78 is 5.34. The van der Waals surface area contributed by atoms with Gasteiger partial charge in [0, 0.05) is 10.6 Å². The summed E-state index contributed by atoms with van der Waals surface area (Å²) in [6.45, 7) is 1.91. The molecular weight excluding hydrogens is 238 g/mol. The first kappa shape index (κ1) is 11.5. The topological polar surface area (TPSA) is 61.7 Å². The number of methoxy groups -OCH3 is 1. The summed E-state index contributed by atoms with van der Waals surface area (Å²) in [7, 11) is 1.60. The van der Waals surface area contributed by atoms with E-state index in [2.05, 4.69) is 9.97 Å². The molecule has 17 heavy (non-hydrogen) atoms. The van der Waals surface area contributed by atoms with E-state index in [1.165, 1.54) is 0 Å². The average Bonchev–Trinajstić information content (AvgIpc) is 2.76. The minimum Gasteiger partial charge on any atom is -0.496 e. The Hall–Kier alpha value is -1.99. The van der Waals surface area contributed by atoms with Crippen LogP contribution in [0.3, 0.4) is 0 Å². The number of H-pyrrole nitrogens is 1. The summed E-state index contributed by atoms with van der Waals surface area (Å²) in [4.78, 5) is 6.83. The number of rotatable bonds is 2. The van der Waals surface area contributed by atoms with E-state index in [-0.39, 0.29) is 5.82 Å². The van der Waals surface area contributed by atoms with Crippen molar-refractivity contribution in [2.24, 2.45) is 0 Å². The molecule has 0 bridgehead atoms. The van der Waals surface area contributed by atoms with Crippen molar-refractivity contribution in [1.29, 1.82) is 5.26 Å². The van der Waals surface area contributed by atoms with Crippen LogP contribution in [0.4, 0.5) is 0 Å². The average molecular weight is 248 g/mol. The van der Waals surface area contributed by atoms with Crippen LogP contribution >= 0.6 is 11.6 Å². The predicted octanol–water partition coefficient (Wildman–Crippen LogP) is 2.92. The number of aromatic nitrogens is 2. The van der Waals surface area contributed by atoms with Gasteiger partial charge in [-0.15, -0.1) is 0 Å². The van der Waals surface area contributed by atoms with Crippen LogP contribution in [0, 0.1) is 18.3 Å². The molecule has 0 atom stereocenters. The summed E-state index contributed by atoms with van der Waals surface area (Å²) in [6, 6.07) is 5.55. The fourth-order valence-electron chi connectivity index (χ4n) is 1.72. The maximum absolute atomic E-state index is 8.73. The van der Waals surface area contributed by atoms with Crippen molar-refractivity contribution < 1.29 is 4.74 Å². The molecule has 1 aromatic heterocycles. The zero-order valence-corrected chi connectivity index (χ0v) is 10.2. The van der Waals surface area contributed by atoms with Gasteiger partial charge >= 0.3 is 0 Å². The van der Waals surface area contributed by atoms with Crippen molar-refractivity contribution in [1.82, 2.24) is 9.97 Å². The van der Waals surface area contributed by atoms with Crippen molar-refractivity contribution in [3.63, 3.8) is 0 Å². The summed E-state index contributed by atoms with van der Waals surface area (Å²) >= 11 is 6.01. The summed E-state index contributed by atoms with van der Waals surface area (Å²) in [6.07, 6.45) is 1.59. The molecule has 1 heterocycles. The Balaban J connectivity index is 2.62. The molecule has 5 heteroatoms. The van der Waals surface area contributed by atoms with Gasteiger partial charge in [0.1, 0.15) is 11.8 Å². The number of nitriles is 1. The quantitative estimate of drug-likeness (QED) is 0.888. The lowest BCUT2D eigenvalue weighted by Gasteiger charge is -2.10. The standard InChI is InChI=1S/C12H10ClN3O/c1-7-3-8(13)4-9(12(7)17-2)10-6-15-11(5-14)16-10/h3-4,6H,1-2H3,(H,15,16). The molecule has 0 amide bonds. The van der Waals surface area contributed by atoms with Gasteiger partial charge in [0.05, 0.1) is 19.0 Å². The normalized spacial score (nSPS) is 10.0. The van der Waals surface area contributed by atoms with Crippen molar-refractivity contribution in [3.8, 4) is 23.1 Å². The highest BCUT2D eigenvalue weighted by Gasteiger charge is 2.12. The van der Waals surface area contributed by atoms with Gasteiger partial charge in [0.25, 0.3) is 0 Å². The molecule has 0 spiro atoms. The summed E-state index contributed by atoms with van der Waals surface area (Å²) in [5, 5.41) is 9.35. The van der Waals surface area contributed by atoms with Gasteiger partial charge in [-0.2, -0.15) is 5.26 Å². The fourth-order valence-corrected chi connectivity index (χ4v) is 1.99. The molecule has 86 valence electrons. The SMILES string of the molecule is COc1c(C)cc(Cl)cc1-c1cnc(C#N)[nH]1. The molecule has 2 rings (SSSR count). The first-order chi connectivity index (χ1) is 8.15. The third-order valence-corrected chi connectivity index (χ3v) is 2.63. The first-order valence-electron chi connectivity index (χ1n) is 4.95. The molecular formula is C12H10ClN3O. The number of benzene rings is 1. The monoisotopic (exact) mass is 247 g/mol. The Morgan fingerprint density at radius 1 is 1.47 bits per heavy atom. The molecule has 0 radical (unpaired) electrons. The van der Waals surface area contributed by atoms with Crippen LogP contribution in [0.25, 0.3) is 11.3 Å². The van der Waals surface area contributed by atoms with Crippen molar-refractivity contribution >= 4 is 11.6 Å². The molecule has 0 saturated carbocycles. The van der Waals surface area contributed by atoms with Gasteiger partial charge in [0.15, 0.2) is 0 Å². The number of nitrogens with one attached hydrogen (secondary N) is 1. The number of imidazole rings is 1. The van der Waals surface area contributed by atoms with E-state index in [1.54, 1.807) is 19.4 Å². The summed E-state index contributed by atoms with van der Waals surface area (Å²) in [5.41, 5.74) is 2.44. The Labute approximate surface area is 104 Å². The van der Waals surface area contributed by atoms with E-state index < -0.39 is 0 Å². The second kappa shape index (κ2) is 4.48. The molecule has 0 aliphatic carbocycles. The minimum atomic E-state index is 0.264. The number of aromatic amines is 1. The lowest BCUT2D eigenvalue weighted by molar-refractivity contribution is 0.413. The number of hydrogen-bond donors (Lipinski definition) is 1. The van der Waals surface area contributed by atoms with Crippen LogP contribution in [0.15, 0.2) is 18.3 Å². The number of nitrogens with zero attached hydrogens (tertiary/aromatic N) is 2. The fraction of sp³-hybridized carbons (Fsp3) is 0.167. The van der Waals surface area contributed by atoms with Crippen LogP contribution in [0.1, 0.15) is 11.4 Å². The number of aryl methyl sites for hydroxylation is 1. The molecule has 0 saturated heterocycles. The third-order valence-electron chi connectivity index (χ3n) is 2.42. The van der Waals surface area contributed by atoms with E-state index in [1.807, 2.05) is 19.1 Å². The van der Waals surface area contributed by atoms with Crippen molar-refractivity contribution in [2.45, 2.75) is 6.92 Å². The van der Waals surface area contributed by atoms with Gasteiger partial charge in [-0.1, -0.05) is 11.6 Å². The number of halogens is 1. The lowest BCUT2D eigenvalue weighted by Crippen LogP contribution is -1.92. The maximum atomic E-state index is 8.73. The Bertz CT molecular complexity index is 598. The highest BCUT2D eigenvalue weighted by Crippen LogP contribution is 2.34. The van der Waals surface area contributed by atoms with Gasteiger partial charge < -0.3 is 9.72 Å². The number of hydrogen-bond acceptors (Lipinski definition) is 3. The predicted molar refractivity (Wildman–Crippen MR) is 65.0 cm³/mol. The lowest BCUT2D eigenvalue weighted by atomic mass is 10.1. The first-order valence-corrected chi connectivity index (χ1v) is 5.33. The maximum Gasteiger partial charge on any atom is 0.210 e. The molecule has 0 aliphatic heterocycles. The van der Waals surface area contributed by atoms with Crippen LogP contribution in [0.2, 0.25) is 5.02 Å². The second-order valence-electron chi connectivity index (χ2n) is 3.56. The van der Waals surface area contributed by atoms with Crippen LogP contribution < -0.4 is 4.74 Å². The van der Waals surface area contributed by atoms with Crippen molar-refractivity contribution in [2.75, 3.05) is 7.11 Å². The van der Waals surface area contributed by atoms with Gasteiger partial charge in [0.2, 0.25) is 5.82 Å². The smallest absolute Gasteiger partial charge is 0.210 e. The summed E-state index contributed by atoms with van der Waals surface area (Å²) in [5.74, 6) is 0.988. The molecule has 1 aromatic carbocycles. The van der Waals surface area contributed by atoms with E-state index in [4.69, 9.17) is 21.6 Å². The highest BCUT2D eigenvalue weighted by atomic mass is 35.5. The Morgan fingerprint density at radius 3 is 2.82 bits per heavy atom. The molecule has 2 aromatic rings. The molecule has 0 aliphatic rings. The third kappa shape index (κ3) is 2.10. The molecule has 1 N–H and O–H groups in total. The Kier molecular flexibility index (Phi) is 3.03. The van der Waals surface area contributed by atoms with E-state index in [9.17, 15) is 0 Å². The zero-order chi connectivity index (χ0) is 12.4. The van der Waals surface area contributed by atoms with Gasteiger partial charge in [-0.25, -0.2) is 4.98 Å². The van der Waals surface area contributed by atoms with E-state index >= 15 is 0 Å².